The second kappa shape index (κ2) is 4.91. The van der Waals surface area contributed by atoms with Crippen molar-refractivity contribution in [2.75, 3.05) is 19.8 Å². The summed E-state index contributed by atoms with van der Waals surface area (Å²) in [5.74, 6) is 0. The second-order valence-electron chi connectivity index (χ2n) is 4.27. The third-order valence-corrected chi connectivity index (χ3v) is 2.33. The highest BCUT2D eigenvalue weighted by atomic mass is 16.3. The van der Waals surface area contributed by atoms with Crippen LogP contribution in [0.5, 0.6) is 0 Å². The van der Waals surface area contributed by atoms with E-state index in [0.717, 1.165) is 0 Å². The first-order valence-electron chi connectivity index (χ1n) is 4.65. The number of nitrogens with two attached hydrogens (primary N) is 1. The van der Waals surface area contributed by atoms with Gasteiger partial charge in [-0.2, -0.15) is 0 Å². The summed E-state index contributed by atoms with van der Waals surface area (Å²) in [6, 6.07) is 0. The maximum absolute atomic E-state index is 9.03. The van der Waals surface area contributed by atoms with Gasteiger partial charge in [-0.3, -0.25) is 0 Å². The number of rotatable bonds is 6. The van der Waals surface area contributed by atoms with Gasteiger partial charge in [-0.1, -0.05) is 6.92 Å². The lowest BCUT2D eigenvalue weighted by Gasteiger charge is -2.32. The van der Waals surface area contributed by atoms with Crippen molar-refractivity contribution in [3.8, 4) is 0 Å². The van der Waals surface area contributed by atoms with E-state index >= 15 is 0 Å². The Kier molecular flexibility index (Phi) is 4.85. The monoisotopic (exact) mass is 190 g/mol. The molecule has 1 unspecified atom stereocenters. The summed E-state index contributed by atoms with van der Waals surface area (Å²) < 4.78 is 0. The van der Waals surface area contributed by atoms with Crippen molar-refractivity contribution >= 4 is 0 Å². The molecule has 4 heteroatoms. The molecule has 0 aliphatic carbocycles. The molecule has 13 heavy (non-hydrogen) atoms. The van der Waals surface area contributed by atoms with Crippen LogP contribution in [0.2, 0.25) is 0 Å². The van der Waals surface area contributed by atoms with Crippen LogP contribution in [-0.2, 0) is 0 Å². The fourth-order valence-electron chi connectivity index (χ4n) is 0.764. The minimum Gasteiger partial charge on any atom is -0.394 e. The number of nitrogens with one attached hydrogen (secondary N) is 1. The van der Waals surface area contributed by atoms with Crippen molar-refractivity contribution in [1.29, 1.82) is 0 Å². The minimum atomic E-state index is -0.577. The average Bonchev–Trinajstić information content (AvgIpc) is 2.14. The van der Waals surface area contributed by atoms with E-state index < -0.39 is 5.54 Å². The van der Waals surface area contributed by atoms with Crippen LogP contribution in [-0.4, -0.2) is 41.0 Å². The molecule has 0 aromatic heterocycles. The van der Waals surface area contributed by atoms with Crippen LogP contribution >= 0.6 is 0 Å². The first-order chi connectivity index (χ1) is 5.89. The fourth-order valence-corrected chi connectivity index (χ4v) is 0.764. The third kappa shape index (κ3) is 4.57. The van der Waals surface area contributed by atoms with E-state index in [2.05, 4.69) is 5.32 Å². The van der Waals surface area contributed by atoms with Crippen molar-refractivity contribution in [2.45, 2.75) is 38.3 Å². The van der Waals surface area contributed by atoms with Crippen LogP contribution in [0, 0.1) is 0 Å². The molecule has 5 N–H and O–H groups in total. The molecule has 80 valence electrons. The predicted octanol–water partition coefficient (Wildman–Crippen LogP) is -0.553. The van der Waals surface area contributed by atoms with Crippen LogP contribution in [0.4, 0.5) is 0 Å². The highest BCUT2D eigenvalue weighted by Crippen LogP contribution is 2.07. The van der Waals surface area contributed by atoms with E-state index in [9.17, 15) is 0 Å². The summed E-state index contributed by atoms with van der Waals surface area (Å²) in [6.45, 7) is 6.23. The SMILES string of the molecule is CCC(N)(CO)CNC(C)(C)CO. The first kappa shape index (κ1) is 12.8. The van der Waals surface area contributed by atoms with Gasteiger partial charge in [0.2, 0.25) is 0 Å². The molecular weight excluding hydrogens is 168 g/mol. The molecule has 0 aromatic carbocycles. The van der Waals surface area contributed by atoms with Gasteiger partial charge in [0.25, 0.3) is 0 Å². The zero-order valence-electron chi connectivity index (χ0n) is 8.80. The largest absolute Gasteiger partial charge is 0.394 e. The van der Waals surface area contributed by atoms with Gasteiger partial charge in [0, 0.05) is 12.1 Å². The van der Waals surface area contributed by atoms with Crippen LogP contribution in [0.1, 0.15) is 27.2 Å². The molecule has 0 saturated carbocycles. The predicted molar refractivity (Wildman–Crippen MR) is 53.5 cm³/mol. The van der Waals surface area contributed by atoms with Crippen LogP contribution in [0.25, 0.3) is 0 Å². The Hall–Kier alpha value is -0.160. The molecule has 0 aliphatic rings. The zero-order chi connectivity index (χ0) is 10.5. The van der Waals surface area contributed by atoms with E-state index in [1.165, 1.54) is 0 Å². The Morgan fingerprint density at radius 2 is 1.77 bits per heavy atom. The van der Waals surface area contributed by atoms with Crippen molar-refractivity contribution in [2.24, 2.45) is 5.73 Å². The Bertz CT molecular complexity index is 145. The van der Waals surface area contributed by atoms with Gasteiger partial charge >= 0.3 is 0 Å². The topological polar surface area (TPSA) is 78.5 Å². The lowest BCUT2D eigenvalue weighted by atomic mass is 9.96. The van der Waals surface area contributed by atoms with E-state index in [1.54, 1.807) is 0 Å². The molecule has 0 rings (SSSR count). The van der Waals surface area contributed by atoms with Gasteiger partial charge in [-0.05, 0) is 20.3 Å². The summed E-state index contributed by atoms with van der Waals surface area (Å²) in [5, 5.41) is 21.1. The lowest BCUT2D eigenvalue weighted by Crippen LogP contribution is -2.56. The summed E-state index contributed by atoms with van der Waals surface area (Å²) in [5.41, 5.74) is 4.95. The van der Waals surface area contributed by atoms with Crippen molar-refractivity contribution in [1.82, 2.24) is 5.32 Å². The third-order valence-electron chi connectivity index (χ3n) is 2.33. The van der Waals surface area contributed by atoms with Crippen molar-refractivity contribution in [3.05, 3.63) is 0 Å². The first-order valence-corrected chi connectivity index (χ1v) is 4.65. The Labute approximate surface area is 80.1 Å². The fraction of sp³-hybridized carbons (Fsp3) is 1.00. The molecule has 0 spiro atoms. The van der Waals surface area contributed by atoms with Crippen LogP contribution < -0.4 is 11.1 Å². The highest BCUT2D eigenvalue weighted by Gasteiger charge is 2.25. The quantitative estimate of drug-likeness (QED) is 0.453. The standard InChI is InChI=1S/C9H22N2O2/c1-4-9(10,7-13)5-11-8(2,3)6-12/h11-13H,4-7,10H2,1-3H3. The molecule has 1 atom stereocenters. The molecule has 0 heterocycles. The van der Waals surface area contributed by atoms with Crippen molar-refractivity contribution in [3.63, 3.8) is 0 Å². The summed E-state index contributed by atoms with van der Waals surface area (Å²) in [4.78, 5) is 0. The maximum Gasteiger partial charge on any atom is 0.0623 e. The maximum atomic E-state index is 9.03. The summed E-state index contributed by atoms with van der Waals surface area (Å²) in [6.07, 6.45) is 0.706. The van der Waals surface area contributed by atoms with Crippen LogP contribution in [0.15, 0.2) is 0 Å². The van der Waals surface area contributed by atoms with E-state index in [0.29, 0.717) is 13.0 Å². The van der Waals surface area contributed by atoms with E-state index in [4.69, 9.17) is 15.9 Å². The average molecular weight is 190 g/mol. The molecule has 0 fully saturated rings. The Balaban J connectivity index is 3.99. The minimum absolute atomic E-state index is 0.0436. The van der Waals surface area contributed by atoms with E-state index in [-0.39, 0.29) is 18.8 Å². The number of aliphatic hydroxyl groups is 2. The van der Waals surface area contributed by atoms with Gasteiger partial charge < -0.3 is 21.3 Å². The normalized spacial score (nSPS) is 17.1. The van der Waals surface area contributed by atoms with Crippen molar-refractivity contribution < 1.29 is 10.2 Å². The van der Waals surface area contributed by atoms with Gasteiger partial charge in [0.05, 0.1) is 18.8 Å². The van der Waals surface area contributed by atoms with Crippen LogP contribution in [0.3, 0.4) is 0 Å². The highest BCUT2D eigenvalue weighted by molar-refractivity contribution is 4.88. The number of aliphatic hydroxyl groups excluding tert-OH is 2. The number of hydrogen-bond acceptors (Lipinski definition) is 4. The molecule has 0 aliphatic heterocycles. The van der Waals surface area contributed by atoms with Gasteiger partial charge in [0.1, 0.15) is 0 Å². The van der Waals surface area contributed by atoms with Gasteiger partial charge in [-0.15, -0.1) is 0 Å². The Morgan fingerprint density at radius 1 is 1.23 bits per heavy atom. The smallest absolute Gasteiger partial charge is 0.0623 e. The zero-order valence-corrected chi connectivity index (χ0v) is 8.80. The summed E-state index contributed by atoms with van der Waals surface area (Å²) >= 11 is 0. The Morgan fingerprint density at radius 3 is 2.08 bits per heavy atom. The lowest BCUT2D eigenvalue weighted by molar-refractivity contribution is 0.149. The molecular formula is C9H22N2O2. The van der Waals surface area contributed by atoms with E-state index in [1.807, 2.05) is 20.8 Å². The molecule has 0 bridgehead atoms. The summed E-state index contributed by atoms with van der Waals surface area (Å²) in [7, 11) is 0. The molecule has 0 saturated heterocycles. The molecule has 0 amide bonds. The second-order valence-corrected chi connectivity index (χ2v) is 4.27. The number of hydrogen-bond donors (Lipinski definition) is 4. The molecule has 0 aromatic rings. The molecule has 4 nitrogen and oxygen atoms in total. The van der Waals surface area contributed by atoms with Gasteiger partial charge in [0.15, 0.2) is 0 Å². The van der Waals surface area contributed by atoms with Gasteiger partial charge in [-0.25, -0.2) is 0 Å². The molecule has 0 radical (unpaired) electrons.